The van der Waals surface area contributed by atoms with Gasteiger partial charge in [0.25, 0.3) is 0 Å². The van der Waals surface area contributed by atoms with Crippen LogP contribution in [0.5, 0.6) is 0 Å². The van der Waals surface area contributed by atoms with Crippen LogP contribution in [0.1, 0.15) is 51.5 Å². The molecule has 1 aliphatic rings. The summed E-state index contributed by atoms with van der Waals surface area (Å²) in [4.78, 5) is 11.6. The number of carbonyl (C=O) groups is 1. The number of hydrogen-bond acceptors (Lipinski definition) is 2. The van der Waals surface area contributed by atoms with E-state index in [9.17, 15) is 9.90 Å². The average Bonchev–Trinajstić information content (AvgIpc) is 2.81. The molecule has 0 bridgehead atoms. The van der Waals surface area contributed by atoms with Gasteiger partial charge in [0, 0.05) is 0 Å². The SMILES string of the molecule is CC1(C)CCC(CCc2ccsc2)(C(=O)O)CC1. The first kappa shape index (κ1) is 13.6. The molecule has 0 saturated heterocycles. The van der Waals surface area contributed by atoms with Crippen molar-refractivity contribution in [2.24, 2.45) is 10.8 Å². The molecular formula is C15H22O2S. The van der Waals surface area contributed by atoms with Crippen molar-refractivity contribution in [1.29, 1.82) is 0 Å². The van der Waals surface area contributed by atoms with Crippen LogP contribution in [0.3, 0.4) is 0 Å². The van der Waals surface area contributed by atoms with Crippen molar-refractivity contribution in [3.8, 4) is 0 Å². The normalized spacial score (nSPS) is 21.7. The molecule has 2 rings (SSSR count). The van der Waals surface area contributed by atoms with Crippen LogP contribution in [-0.2, 0) is 11.2 Å². The molecule has 3 heteroatoms. The van der Waals surface area contributed by atoms with Crippen molar-refractivity contribution < 1.29 is 9.90 Å². The molecule has 1 aromatic heterocycles. The maximum absolute atomic E-state index is 11.6. The lowest BCUT2D eigenvalue weighted by atomic mass is 9.63. The Morgan fingerprint density at radius 1 is 1.33 bits per heavy atom. The van der Waals surface area contributed by atoms with E-state index in [0.717, 1.165) is 38.5 Å². The van der Waals surface area contributed by atoms with E-state index in [1.807, 2.05) is 0 Å². The second-order valence-corrected chi connectivity index (χ2v) is 7.16. The predicted molar refractivity (Wildman–Crippen MR) is 75.0 cm³/mol. The number of aliphatic carboxylic acids is 1. The van der Waals surface area contributed by atoms with Gasteiger partial charge in [0.05, 0.1) is 5.41 Å². The van der Waals surface area contributed by atoms with Gasteiger partial charge in [-0.2, -0.15) is 11.3 Å². The van der Waals surface area contributed by atoms with E-state index < -0.39 is 11.4 Å². The number of carboxylic acid groups (broad SMARTS) is 1. The summed E-state index contributed by atoms with van der Waals surface area (Å²) in [5.41, 5.74) is 1.13. The molecule has 0 atom stereocenters. The van der Waals surface area contributed by atoms with E-state index in [2.05, 4.69) is 30.7 Å². The molecule has 1 aromatic rings. The summed E-state index contributed by atoms with van der Waals surface area (Å²) in [5, 5.41) is 13.8. The number of hydrogen-bond donors (Lipinski definition) is 1. The lowest BCUT2D eigenvalue weighted by Crippen LogP contribution is -2.38. The van der Waals surface area contributed by atoms with E-state index in [-0.39, 0.29) is 0 Å². The zero-order valence-corrected chi connectivity index (χ0v) is 12.1. The van der Waals surface area contributed by atoms with Gasteiger partial charge in [-0.3, -0.25) is 4.79 Å². The Hall–Kier alpha value is -0.830. The van der Waals surface area contributed by atoms with Gasteiger partial charge in [-0.05, 0) is 66.3 Å². The quantitative estimate of drug-likeness (QED) is 0.879. The molecule has 0 unspecified atom stereocenters. The molecule has 1 fully saturated rings. The summed E-state index contributed by atoms with van der Waals surface area (Å²) in [7, 11) is 0. The highest BCUT2D eigenvalue weighted by Crippen LogP contribution is 2.47. The largest absolute Gasteiger partial charge is 0.481 e. The van der Waals surface area contributed by atoms with Gasteiger partial charge in [-0.1, -0.05) is 13.8 Å². The zero-order valence-electron chi connectivity index (χ0n) is 11.2. The molecule has 2 nitrogen and oxygen atoms in total. The second-order valence-electron chi connectivity index (χ2n) is 6.38. The molecule has 0 spiro atoms. The molecule has 1 aliphatic carbocycles. The van der Waals surface area contributed by atoms with Crippen molar-refractivity contribution >= 4 is 17.3 Å². The van der Waals surface area contributed by atoms with Crippen LogP contribution in [0.25, 0.3) is 0 Å². The number of carboxylic acids is 1. The van der Waals surface area contributed by atoms with Gasteiger partial charge in [0.2, 0.25) is 0 Å². The summed E-state index contributed by atoms with van der Waals surface area (Å²) in [6.45, 7) is 4.50. The van der Waals surface area contributed by atoms with Crippen molar-refractivity contribution in [1.82, 2.24) is 0 Å². The van der Waals surface area contributed by atoms with E-state index in [1.165, 1.54) is 5.56 Å². The first-order chi connectivity index (χ1) is 8.44. The topological polar surface area (TPSA) is 37.3 Å². The van der Waals surface area contributed by atoms with Crippen LogP contribution >= 0.6 is 11.3 Å². The van der Waals surface area contributed by atoms with Crippen molar-refractivity contribution in [2.45, 2.75) is 52.4 Å². The Morgan fingerprint density at radius 3 is 2.50 bits per heavy atom. The minimum Gasteiger partial charge on any atom is -0.481 e. The highest BCUT2D eigenvalue weighted by Gasteiger charge is 2.43. The Bertz CT molecular complexity index is 396. The van der Waals surface area contributed by atoms with Crippen LogP contribution in [0.2, 0.25) is 0 Å². The lowest BCUT2D eigenvalue weighted by Gasteiger charge is -2.41. The summed E-state index contributed by atoms with van der Waals surface area (Å²) < 4.78 is 0. The fourth-order valence-electron chi connectivity index (χ4n) is 2.79. The van der Waals surface area contributed by atoms with Crippen molar-refractivity contribution in [3.63, 3.8) is 0 Å². The number of rotatable bonds is 4. The molecule has 18 heavy (non-hydrogen) atoms. The van der Waals surface area contributed by atoms with Gasteiger partial charge in [-0.25, -0.2) is 0 Å². The third kappa shape index (κ3) is 2.94. The average molecular weight is 266 g/mol. The summed E-state index contributed by atoms with van der Waals surface area (Å²) in [6.07, 6.45) is 5.41. The smallest absolute Gasteiger partial charge is 0.309 e. The predicted octanol–water partition coefficient (Wildman–Crippen LogP) is 4.35. The standard InChI is InChI=1S/C15H22O2S/c1-14(2)6-8-15(9-7-14,13(16)17)5-3-12-4-10-18-11-12/h4,10-11H,3,5-9H2,1-2H3,(H,16,17). The third-order valence-corrected chi connectivity index (χ3v) is 5.22. The molecule has 0 aliphatic heterocycles. The van der Waals surface area contributed by atoms with Gasteiger partial charge < -0.3 is 5.11 Å². The lowest BCUT2D eigenvalue weighted by molar-refractivity contribution is -0.153. The van der Waals surface area contributed by atoms with E-state index in [4.69, 9.17) is 0 Å². The first-order valence-corrected chi connectivity index (χ1v) is 7.62. The Labute approximate surface area is 113 Å². The van der Waals surface area contributed by atoms with E-state index >= 15 is 0 Å². The molecule has 1 saturated carbocycles. The molecule has 1 heterocycles. The van der Waals surface area contributed by atoms with E-state index in [1.54, 1.807) is 11.3 Å². The molecular weight excluding hydrogens is 244 g/mol. The maximum atomic E-state index is 11.6. The van der Waals surface area contributed by atoms with Crippen molar-refractivity contribution in [2.75, 3.05) is 0 Å². The summed E-state index contributed by atoms with van der Waals surface area (Å²) in [6, 6.07) is 2.10. The monoisotopic (exact) mass is 266 g/mol. The van der Waals surface area contributed by atoms with Crippen LogP contribution in [0, 0.1) is 10.8 Å². The van der Waals surface area contributed by atoms with Gasteiger partial charge in [0.15, 0.2) is 0 Å². The van der Waals surface area contributed by atoms with Crippen LogP contribution in [0.15, 0.2) is 16.8 Å². The fraction of sp³-hybridized carbons (Fsp3) is 0.667. The number of thiophene rings is 1. The minimum absolute atomic E-state index is 0.321. The second kappa shape index (κ2) is 5.04. The molecule has 0 amide bonds. The van der Waals surface area contributed by atoms with Crippen LogP contribution in [-0.4, -0.2) is 11.1 Å². The minimum atomic E-state index is -0.590. The van der Waals surface area contributed by atoms with Crippen LogP contribution in [0.4, 0.5) is 0 Å². The summed E-state index contributed by atoms with van der Waals surface area (Å²) in [5.74, 6) is -0.590. The zero-order chi connectivity index (χ0) is 13.2. The molecule has 100 valence electrons. The Balaban J connectivity index is 2.02. The molecule has 0 aromatic carbocycles. The fourth-order valence-corrected chi connectivity index (χ4v) is 3.50. The highest BCUT2D eigenvalue weighted by molar-refractivity contribution is 7.07. The molecule has 0 radical (unpaired) electrons. The van der Waals surface area contributed by atoms with E-state index in [0.29, 0.717) is 5.41 Å². The van der Waals surface area contributed by atoms with Gasteiger partial charge in [0.1, 0.15) is 0 Å². The van der Waals surface area contributed by atoms with Crippen molar-refractivity contribution in [3.05, 3.63) is 22.4 Å². The summed E-state index contributed by atoms with van der Waals surface area (Å²) >= 11 is 1.69. The van der Waals surface area contributed by atoms with Crippen LogP contribution < -0.4 is 0 Å². The van der Waals surface area contributed by atoms with Gasteiger partial charge >= 0.3 is 5.97 Å². The molecule has 1 N–H and O–H groups in total. The Kier molecular flexibility index (Phi) is 3.81. The third-order valence-electron chi connectivity index (χ3n) is 4.49. The van der Waals surface area contributed by atoms with Gasteiger partial charge in [-0.15, -0.1) is 0 Å². The highest BCUT2D eigenvalue weighted by atomic mass is 32.1. The number of aryl methyl sites for hydroxylation is 1. The first-order valence-electron chi connectivity index (χ1n) is 6.68. The Morgan fingerprint density at radius 2 is 2.00 bits per heavy atom. The maximum Gasteiger partial charge on any atom is 0.309 e.